The van der Waals surface area contributed by atoms with Gasteiger partial charge in [0.05, 0.1) is 22.4 Å². The Bertz CT molecular complexity index is 1370. The number of thiophene rings is 1. The van der Waals surface area contributed by atoms with Gasteiger partial charge in [-0.3, -0.25) is 14.2 Å². The minimum atomic E-state index is -0.756. The summed E-state index contributed by atoms with van der Waals surface area (Å²) < 4.78 is 1.38. The van der Waals surface area contributed by atoms with Crippen molar-refractivity contribution in [2.45, 2.75) is 33.7 Å². The van der Waals surface area contributed by atoms with Crippen molar-refractivity contribution in [1.29, 1.82) is 0 Å². The van der Waals surface area contributed by atoms with Crippen molar-refractivity contribution in [2.75, 3.05) is 5.32 Å². The van der Waals surface area contributed by atoms with E-state index < -0.39 is 6.04 Å². The van der Waals surface area contributed by atoms with E-state index in [0.717, 1.165) is 21.6 Å². The lowest BCUT2D eigenvalue weighted by Crippen LogP contribution is -2.31. The number of para-hydroxylation sites is 1. The highest BCUT2D eigenvalue weighted by Crippen LogP contribution is 2.36. The fourth-order valence-electron chi connectivity index (χ4n) is 3.56. The van der Waals surface area contributed by atoms with Crippen LogP contribution in [0.4, 0.5) is 5.69 Å². The Morgan fingerprint density at radius 2 is 1.87 bits per heavy atom. The van der Waals surface area contributed by atoms with Crippen molar-refractivity contribution in [2.24, 2.45) is 0 Å². The number of hydrogen-bond donors (Lipinski definition) is 1. The SMILES string of the molecule is Cc1ccc(-c2c(C)sc3ncn(C(C)C(=O)Nc4ccccc4Cl)c(=O)c23)cc1C. The van der Waals surface area contributed by atoms with Gasteiger partial charge in [0.1, 0.15) is 10.9 Å². The quantitative estimate of drug-likeness (QED) is 0.420. The molecule has 1 atom stereocenters. The predicted octanol–water partition coefficient (Wildman–Crippen LogP) is 5.90. The van der Waals surface area contributed by atoms with Crippen LogP contribution in [0.15, 0.2) is 53.6 Å². The predicted molar refractivity (Wildman–Crippen MR) is 128 cm³/mol. The molecule has 0 spiro atoms. The van der Waals surface area contributed by atoms with Crippen LogP contribution in [-0.4, -0.2) is 15.5 Å². The molecule has 2 aromatic carbocycles. The first-order valence-electron chi connectivity index (χ1n) is 9.91. The Hall–Kier alpha value is -2.96. The van der Waals surface area contributed by atoms with E-state index >= 15 is 0 Å². The van der Waals surface area contributed by atoms with Gasteiger partial charge in [0, 0.05) is 10.4 Å². The number of nitrogens with one attached hydrogen (secondary N) is 1. The fourth-order valence-corrected chi connectivity index (χ4v) is 4.75. The van der Waals surface area contributed by atoms with E-state index in [2.05, 4.69) is 36.3 Å². The van der Waals surface area contributed by atoms with Crippen molar-refractivity contribution < 1.29 is 4.79 Å². The Labute approximate surface area is 189 Å². The van der Waals surface area contributed by atoms with Gasteiger partial charge < -0.3 is 5.32 Å². The smallest absolute Gasteiger partial charge is 0.263 e. The number of rotatable bonds is 4. The third-order valence-electron chi connectivity index (χ3n) is 5.54. The highest BCUT2D eigenvalue weighted by Gasteiger charge is 2.22. The molecule has 1 unspecified atom stereocenters. The molecular weight excluding hydrogens is 430 g/mol. The number of nitrogens with zero attached hydrogens (tertiary/aromatic N) is 2. The molecule has 31 heavy (non-hydrogen) atoms. The van der Waals surface area contributed by atoms with E-state index in [1.54, 1.807) is 31.2 Å². The highest BCUT2D eigenvalue weighted by atomic mass is 35.5. The molecule has 1 N–H and O–H groups in total. The number of benzene rings is 2. The number of hydrogen-bond acceptors (Lipinski definition) is 4. The van der Waals surface area contributed by atoms with E-state index in [1.165, 1.54) is 27.8 Å². The van der Waals surface area contributed by atoms with E-state index in [0.29, 0.717) is 20.9 Å². The average molecular weight is 452 g/mol. The summed E-state index contributed by atoms with van der Waals surface area (Å²) in [6.45, 7) is 7.79. The van der Waals surface area contributed by atoms with Gasteiger partial charge >= 0.3 is 0 Å². The van der Waals surface area contributed by atoms with Crippen LogP contribution >= 0.6 is 22.9 Å². The van der Waals surface area contributed by atoms with Gasteiger partial charge in [0.25, 0.3) is 5.56 Å². The summed E-state index contributed by atoms with van der Waals surface area (Å²) in [5, 5.41) is 3.78. The van der Waals surface area contributed by atoms with E-state index in [1.807, 2.05) is 13.0 Å². The monoisotopic (exact) mass is 451 g/mol. The standard InChI is InChI=1S/C24H22ClN3O2S/c1-13-9-10-17(11-14(13)2)20-16(4)31-23-21(20)24(30)28(12-26-23)15(3)22(29)27-19-8-6-5-7-18(19)25/h5-12,15H,1-4H3,(H,27,29). The van der Waals surface area contributed by atoms with E-state index in [9.17, 15) is 9.59 Å². The molecular formula is C24H22ClN3O2S. The molecule has 5 nitrogen and oxygen atoms in total. The molecule has 0 saturated heterocycles. The van der Waals surface area contributed by atoms with Crippen LogP contribution in [0, 0.1) is 20.8 Å². The number of aryl methyl sites for hydroxylation is 3. The molecule has 0 fully saturated rings. The summed E-state index contributed by atoms with van der Waals surface area (Å²) in [4.78, 5) is 32.5. The normalized spacial score (nSPS) is 12.2. The molecule has 0 aliphatic carbocycles. The fraction of sp³-hybridized carbons (Fsp3) is 0.208. The van der Waals surface area contributed by atoms with Crippen molar-refractivity contribution in [1.82, 2.24) is 9.55 Å². The van der Waals surface area contributed by atoms with Crippen molar-refractivity contribution in [3.8, 4) is 11.1 Å². The van der Waals surface area contributed by atoms with Crippen LogP contribution in [0.3, 0.4) is 0 Å². The van der Waals surface area contributed by atoms with Crippen LogP contribution in [-0.2, 0) is 4.79 Å². The van der Waals surface area contributed by atoms with Gasteiger partial charge in [-0.1, -0.05) is 41.9 Å². The topological polar surface area (TPSA) is 64.0 Å². The van der Waals surface area contributed by atoms with Gasteiger partial charge in [-0.25, -0.2) is 4.98 Å². The van der Waals surface area contributed by atoms with Gasteiger partial charge in [0.15, 0.2) is 0 Å². The minimum Gasteiger partial charge on any atom is -0.323 e. The lowest BCUT2D eigenvalue weighted by atomic mass is 9.99. The maximum absolute atomic E-state index is 13.5. The maximum Gasteiger partial charge on any atom is 0.263 e. The minimum absolute atomic E-state index is 0.232. The molecule has 1 amide bonds. The lowest BCUT2D eigenvalue weighted by Gasteiger charge is -2.16. The molecule has 2 heterocycles. The zero-order chi connectivity index (χ0) is 22.3. The van der Waals surface area contributed by atoms with Crippen LogP contribution in [0.2, 0.25) is 5.02 Å². The Morgan fingerprint density at radius 3 is 2.58 bits per heavy atom. The number of amides is 1. The molecule has 158 valence electrons. The van der Waals surface area contributed by atoms with Crippen LogP contribution in [0.1, 0.15) is 29.0 Å². The van der Waals surface area contributed by atoms with Crippen LogP contribution < -0.4 is 10.9 Å². The Morgan fingerprint density at radius 1 is 1.13 bits per heavy atom. The first-order valence-corrected chi connectivity index (χ1v) is 11.1. The van der Waals surface area contributed by atoms with Crippen molar-refractivity contribution in [3.63, 3.8) is 0 Å². The van der Waals surface area contributed by atoms with Crippen LogP contribution in [0.5, 0.6) is 0 Å². The summed E-state index contributed by atoms with van der Waals surface area (Å²) in [7, 11) is 0. The number of carbonyl (C=O) groups is 1. The zero-order valence-corrected chi connectivity index (χ0v) is 19.3. The summed E-state index contributed by atoms with van der Waals surface area (Å²) in [5.41, 5.74) is 4.49. The van der Waals surface area contributed by atoms with Crippen LogP contribution in [0.25, 0.3) is 21.3 Å². The second-order valence-corrected chi connectivity index (χ2v) is 9.22. The third kappa shape index (κ3) is 3.89. The number of halogens is 1. The van der Waals surface area contributed by atoms with E-state index in [4.69, 9.17) is 11.6 Å². The summed E-state index contributed by atoms with van der Waals surface area (Å²) in [6.07, 6.45) is 1.45. The number of carbonyl (C=O) groups excluding carboxylic acids is 1. The zero-order valence-electron chi connectivity index (χ0n) is 17.7. The summed E-state index contributed by atoms with van der Waals surface area (Å²) >= 11 is 7.64. The Balaban J connectivity index is 1.79. The first-order chi connectivity index (χ1) is 14.8. The lowest BCUT2D eigenvalue weighted by molar-refractivity contribution is -0.118. The summed E-state index contributed by atoms with van der Waals surface area (Å²) in [6, 6.07) is 12.4. The molecule has 4 aromatic rings. The largest absolute Gasteiger partial charge is 0.323 e. The Kier molecular flexibility index (Phi) is 5.69. The third-order valence-corrected chi connectivity index (χ3v) is 6.88. The highest BCUT2D eigenvalue weighted by molar-refractivity contribution is 7.19. The number of aromatic nitrogens is 2. The molecule has 0 saturated carbocycles. The molecule has 0 radical (unpaired) electrons. The van der Waals surface area contributed by atoms with Crippen molar-refractivity contribution >= 4 is 44.7 Å². The second kappa shape index (κ2) is 8.29. The van der Waals surface area contributed by atoms with Gasteiger partial charge in [-0.15, -0.1) is 11.3 Å². The maximum atomic E-state index is 13.5. The summed E-state index contributed by atoms with van der Waals surface area (Å²) in [5.74, 6) is -0.337. The van der Waals surface area contributed by atoms with Gasteiger partial charge in [0.2, 0.25) is 5.91 Å². The van der Waals surface area contributed by atoms with Crippen molar-refractivity contribution in [3.05, 3.63) is 80.2 Å². The van der Waals surface area contributed by atoms with Gasteiger partial charge in [-0.2, -0.15) is 0 Å². The molecule has 2 aromatic heterocycles. The number of anilines is 1. The molecule has 0 bridgehead atoms. The number of fused-ring (bicyclic) bond motifs is 1. The van der Waals surface area contributed by atoms with Gasteiger partial charge in [-0.05, 0) is 56.5 Å². The van der Waals surface area contributed by atoms with E-state index in [-0.39, 0.29) is 11.5 Å². The molecule has 7 heteroatoms. The molecule has 4 rings (SSSR count). The first kappa shape index (κ1) is 21.3. The molecule has 0 aliphatic rings. The second-order valence-electron chi connectivity index (χ2n) is 7.61. The molecule has 0 aliphatic heterocycles. The average Bonchev–Trinajstić information content (AvgIpc) is 3.08.